The van der Waals surface area contributed by atoms with Crippen LogP contribution in [0, 0.1) is 10.1 Å². The summed E-state index contributed by atoms with van der Waals surface area (Å²) in [5.41, 5.74) is 1.18. The van der Waals surface area contributed by atoms with Crippen LogP contribution in [0.15, 0.2) is 24.3 Å². The first-order chi connectivity index (χ1) is 13.9. The zero-order chi connectivity index (χ0) is 21.0. The van der Waals surface area contributed by atoms with Gasteiger partial charge in [0.2, 0.25) is 11.9 Å². The average molecular weight is 419 g/mol. The molecule has 1 aliphatic heterocycles. The number of amides is 1. The Hall–Kier alpha value is -2.94. The lowest BCUT2D eigenvalue weighted by Gasteiger charge is -2.19. The molecule has 29 heavy (non-hydrogen) atoms. The Balaban J connectivity index is 1.85. The number of rotatable bonds is 7. The molecular weight excluding hydrogens is 396 g/mol. The average Bonchev–Trinajstić information content (AvgIpc) is 3.11. The van der Waals surface area contributed by atoms with Crippen molar-refractivity contribution in [3.05, 3.63) is 45.1 Å². The van der Waals surface area contributed by atoms with Crippen LogP contribution in [0.1, 0.15) is 32.4 Å². The third-order valence-corrected chi connectivity index (χ3v) is 4.91. The summed E-state index contributed by atoms with van der Waals surface area (Å²) in [6.07, 6.45) is 2.56. The van der Waals surface area contributed by atoms with Gasteiger partial charge in [0.05, 0.1) is 4.92 Å². The summed E-state index contributed by atoms with van der Waals surface area (Å²) >= 11 is 5.88. The highest BCUT2D eigenvalue weighted by atomic mass is 35.5. The van der Waals surface area contributed by atoms with Crippen LogP contribution in [0.2, 0.25) is 5.02 Å². The number of nitro benzene ring substituents is 1. The Labute approximate surface area is 173 Å². The van der Waals surface area contributed by atoms with E-state index >= 15 is 0 Å². The molecule has 1 fully saturated rings. The smallest absolute Gasteiger partial charge is 0.289 e. The van der Waals surface area contributed by atoms with Gasteiger partial charge in [-0.25, -0.2) is 4.98 Å². The van der Waals surface area contributed by atoms with Crippen LogP contribution in [0.3, 0.4) is 0 Å². The number of nitro groups is 1. The first-order valence-corrected chi connectivity index (χ1v) is 9.84. The standard InChI is InChI=1S/C19H23ClN6O3/c1-3-4-13-10-18(25-8-7-15(11-25)21-12(2)27)24-19(22-13)23-14-5-6-16(20)17(9-14)26(28)29/h5-6,9-10,15H,3-4,7-8,11H2,1-2H3,(H,21,27)(H,22,23,24). The molecule has 0 radical (unpaired) electrons. The van der Waals surface area contributed by atoms with Crippen molar-refractivity contribution in [3.8, 4) is 0 Å². The molecule has 10 heteroatoms. The summed E-state index contributed by atoms with van der Waals surface area (Å²) in [6.45, 7) is 5.04. The lowest BCUT2D eigenvalue weighted by Crippen LogP contribution is -2.35. The lowest BCUT2D eigenvalue weighted by molar-refractivity contribution is -0.384. The van der Waals surface area contributed by atoms with E-state index in [9.17, 15) is 14.9 Å². The van der Waals surface area contributed by atoms with Crippen molar-refractivity contribution < 1.29 is 9.72 Å². The van der Waals surface area contributed by atoms with Crippen molar-refractivity contribution in [2.45, 2.75) is 39.2 Å². The molecule has 2 aromatic rings. The first kappa shape index (κ1) is 20.8. The number of anilines is 3. The van der Waals surface area contributed by atoms with E-state index in [-0.39, 0.29) is 22.7 Å². The van der Waals surface area contributed by atoms with E-state index in [0.717, 1.165) is 37.3 Å². The molecule has 2 heterocycles. The number of nitrogens with one attached hydrogen (secondary N) is 2. The molecule has 154 valence electrons. The Morgan fingerprint density at radius 2 is 2.17 bits per heavy atom. The second kappa shape index (κ2) is 9.04. The van der Waals surface area contributed by atoms with Gasteiger partial charge in [0.25, 0.3) is 5.69 Å². The van der Waals surface area contributed by atoms with Gasteiger partial charge < -0.3 is 15.5 Å². The number of carbonyl (C=O) groups excluding carboxylic acids is 1. The highest BCUT2D eigenvalue weighted by Gasteiger charge is 2.25. The molecule has 1 aromatic heterocycles. The second-order valence-corrected chi connectivity index (χ2v) is 7.38. The van der Waals surface area contributed by atoms with Gasteiger partial charge in [0, 0.05) is 49.6 Å². The Kier molecular flexibility index (Phi) is 6.48. The van der Waals surface area contributed by atoms with E-state index in [4.69, 9.17) is 11.6 Å². The molecule has 9 nitrogen and oxygen atoms in total. The van der Waals surface area contributed by atoms with Crippen LogP contribution in [0.4, 0.5) is 23.1 Å². The van der Waals surface area contributed by atoms with Crippen molar-refractivity contribution in [3.63, 3.8) is 0 Å². The second-order valence-electron chi connectivity index (χ2n) is 6.97. The SMILES string of the molecule is CCCc1cc(N2CCC(NC(C)=O)C2)nc(Nc2ccc(Cl)c([N+](=O)[O-])c2)n1. The van der Waals surface area contributed by atoms with Gasteiger partial charge in [-0.15, -0.1) is 0 Å². The third kappa shape index (κ3) is 5.32. The molecule has 1 atom stereocenters. The summed E-state index contributed by atoms with van der Waals surface area (Å²) in [5.74, 6) is 1.09. The van der Waals surface area contributed by atoms with Gasteiger partial charge >= 0.3 is 0 Å². The summed E-state index contributed by atoms with van der Waals surface area (Å²) in [6, 6.07) is 6.52. The zero-order valence-corrected chi connectivity index (χ0v) is 17.1. The third-order valence-electron chi connectivity index (χ3n) is 4.59. The number of carbonyl (C=O) groups is 1. The number of hydrogen-bond acceptors (Lipinski definition) is 7. The zero-order valence-electron chi connectivity index (χ0n) is 16.3. The van der Waals surface area contributed by atoms with Crippen molar-refractivity contribution in [2.75, 3.05) is 23.3 Å². The fourth-order valence-electron chi connectivity index (χ4n) is 3.32. The van der Waals surface area contributed by atoms with Gasteiger partial charge in [0.1, 0.15) is 10.8 Å². The van der Waals surface area contributed by atoms with E-state index in [0.29, 0.717) is 18.2 Å². The van der Waals surface area contributed by atoms with Crippen LogP contribution in [0.5, 0.6) is 0 Å². The quantitative estimate of drug-likeness (QED) is 0.522. The maximum atomic E-state index is 11.3. The van der Waals surface area contributed by atoms with Gasteiger partial charge in [-0.05, 0) is 25.0 Å². The maximum Gasteiger partial charge on any atom is 0.289 e. The number of halogens is 1. The molecule has 2 N–H and O–H groups in total. The van der Waals surface area contributed by atoms with Gasteiger partial charge in [0.15, 0.2) is 0 Å². The molecule has 3 rings (SSSR count). The van der Waals surface area contributed by atoms with Crippen LogP contribution in [-0.4, -0.2) is 39.9 Å². The number of aryl methyl sites for hydroxylation is 1. The van der Waals surface area contributed by atoms with E-state index < -0.39 is 4.92 Å². The largest absolute Gasteiger partial charge is 0.354 e. The predicted molar refractivity (Wildman–Crippen MR) is 112 cm³/mol. The van der Waals surface area contributed by atoms with Crippen LogP contribution in [-0.2, 0) is 11.2 Å². The molecule has 0 spiro atoms. The van der Waals surface area contributed by atoms with Crippen LogP contribution in [0.25, 0.3) is 0 Å². The topological polar surface area (TPSA) is 113 Å². The maximum absolute atomic E-state index is 11.3. The van der Waals surface area contributed by atoms with Crippen molar-refractivity contribution in [1.82, 2.24) is 15.3 Å². The number of hydrogen-bond donors (Lipinski definition) is 2. The van der Waals surface area contributed by atoms with Crippen molar-refractivity contribution >= 4 is 40.6 Å². The lowest BCUT2D eigenvalue weighted by atomic mass is 10.2. The van der Waals surface area contributed by atoms with Crippen LogP contribution < -0.4 is 15.5 Å². The fraction of sp³-hybridized carbons (Fsp3) is 0.421. The molecule has 0 aliphatic carbocycles. The van der Waals surface area contributed by atoms with E-state index in [1.807, 2.05) is 6.07 Å². The fourth-order valence-corrected chi connectivity index (χ4v) is 3.50. The monoisotopic (exact) mass is 418 g/mol. The van der Waals surface area contributed by atoms with Crippen molar-refractivity contribution in [1.29, 1.82) is 0 Å². The molecular formula is C19H23ClN6O3. The highest BCUT2D eigenvalue weighted by molar-refractivity contribution is 6.32. The predicted octanol–water partition coefficient (Wildman–Crippen LogP) is 3.45. The van der Waals surface area contributed by atoms with Crippen molar-refractivity contribution in [2.24, 2.45) is 0 Å². The minimum absolute atomic E-state index is 0.0436. The molecule has 1 aliphatic rings. The van der Waals surface area contributed by atoms with E-state index in [2.05, 4.69) is 32.4 Å². The Morgan fingerprint density at radius 3 is 2.86 bits per heavy atom. The number of benzene rings is 1. The molecule has 1 amide bonds. The van der Waals surface area contributed by atoms with Crippen LogP contribution >= 0.6 is 11.6 Å². The number of nitrogens with zero attached hydrogens (tertiary/aromatic N) is 4. The van der Waals surface area contributed by atoms with E-state index in [1.165, 1.54) is 19.1 Å². The minimum atomic E-state index is -0.528. The molecule has 1 unspecified atom stereocenters. The first-order valence-electron chi connectivity index (χ1n) is 9.46. The normalized spacial score (nSPS) is 16.0. The molecule has 1 saturated heterocycles. The molecule has 1 aromatic carbocycles. The van der Waals surface area contributed by atoms with Gasteiger partial charge in [-0.1, -0.05) is 24.9 Å². The summed E-state index contributed by atoms with van der Waals surface area (Å²) in [4.78, 5) is 33.1. The summed E-state index contributed by atoms with van der Waals surface area (Å²) in [5, 5.41) is 17.2. The number of aromatic nitrogens is 2. The van der Waals surface area contributed by atoms with E-state index in [1.54, 1.807) is 6.07 Å². The van der Waals surface area contributed by atoms with Gasteiger partial charge in [-0.3, -0.25) is 14.9 Å². The molecule has 0 saturated carbocycles. The minimum Gasteiger partial charge on any atom is -0.354 e. The summed E-state index contributed by atoms with van der Waals surface area (Å²) in [7, 11) is 0. The highest BCUT2D eigenvalue weighted by Crippen LogP contribution is 2.29. The summed E-state index contributed by atoms with van der Waals surface area (Å²) < 4.78 is 0. The Morgan fingerprint density at radius 1 is 1.38 bits per heavy atom. The van der Waals surface area contributed by atoms with Gasteiger partial charge in [-0.2, -0.15) is 4.98 Å². The Bertz CT molecular complexity index is 923. The molecule has 0 bridgehead atoms.